The highest BCUT2D eigenvalue weighted by Gasteiger charge is 2.25. The third-order valence-corrected chi connectivity index (χ3v) is 4.34. The number of fused-ring (bicyclic) bond motifs is 1. The van der Waals surface area contributed by atoms with Gasteiger partial charge in [-0.05, 0) is 30.4 Å². The largest absolute Gasteiger partial charge is 0.348 e. The third kappa shape index (κ3) is 1.83. The number of anilines is 2. The molecule has 1 unspecified atom stereocenters. The molecule has 3 rings (SSSR count). The number of thiophene rings is 1. The molecule has 1 aliphatic heterocycles. The minimum absolute atomic E-state index is 0.335. The highest BCUT2D eigenvalue weighted by atomic mass is 32.1. The number of nitrogens with zero attached hydrogens (tertiary/aromatic N) is 3. The zero-order valence-electron chi connectivity index (χ0n) is 10.1. The fraction of sp³-hybridized carbons (Fsp3) is 0.333. The van der Waals surface area contributed by atoms with Crippen molar-refractivity contribution in [1.82, 2.24) is 9.97 Å². The Balaban J connectivity index is 1.94. The summed E-state index contributed by atoms with van der Waals surface area (Å²) in [6.07, 6.45) is 4.47. The first-order chi connectivity index (χ1) is 8.79. The van der Waals surface area contributed by atoms with Gasteiger partial charge in [-0.1, -0.05) is 0 Å². The second-order valence-electron chi connectivity index (χ2n) is 4.33. The summed E-state index contributed by atoms with van der Waals surface area (Å²) >= 11 is 1.84. The predicted molar refractivity (Wildman–Crippen MR) is 73.6 cm³/mol. The zero-order valence-corrected chi connectivity index (χ0v) is 10.9. The molecule has 0 spiro atoms. The first-order valence-corrected chi connectivity index (χ1v) is 6.79. The Labute approximate surface area is 110 Å². The molecule has 94 valence electrons. The minimum Gasteiger partial charge on any atom is -0.348 e. The van der Waals surface area contributed by atoms with Crippen LogP contribution in [0.2, 0.25) is 0 Å². The normalized spacial score (nSPS) is 18.6. The standard InChI is InChI=1S/C12H15N5S/c1-8-9-3-5-18-10(9)2-4-17(8)12-7-14-6-11(15-12)16-13/h3,5-8H,2,4,13H2,1H3,(H,15,16). The van der Waals surface area contributed by atoms with Crippen molar-refractivity contribution in [3.63, 3.8) is 0 Å². The summed E-state index contributed by atoms with van der Waals surface area (Å²) in [7, 11) is 0. The summed E-state index contributed by atoms with van der Waals surface area (Å²) < 4.78 is 0. The van der Waals surface area contributed by atoms with E-state index in [1.165, 1.54) is 10.4 Å². The number of nitrogen functional groups attached to an aromatic ring is 1. The van der Waals surface area contributed by atoms with Gasteiger partial charge in [0.2, 0.25) is 0 Å². The lowest BCUT2D eigenvalue weighted by Crippen LogP contribution is -2.34. The molecule has 0 aromatic carbocycles. The molecule has 5 nitrogen and oxygen atoms in total. The first kappa shape index (κ1) is 11.4. The summed E-state index contributed by atoms with van der Waals surface area (Å²) in [6, 6.07) is 2.54. The zero-order chi connectivity index (χ0) is 12.5. The molecule has 0 bridgehead atoms. The van der Waals surface area contributed by atoms with E-state index in [2.05, 4.69) is 38.7 Å². The van der Waals surface area contributed by atoms with E-state index in [4.69, 9.17) is 5.84 Å². The molecule has 0 saturated heterocycles. The Morgan fingerprint density at radius 2 is 2.39 bits per heavy atom. The van der Waals surface area contributed by atoms with Gasteiger partial charge in [0.05, 0.1) is 18.4 Å². The summed E-state index contributed by atoms with van der Waals surface area (Å²) in [6.45, 7) is 3.17. The van der Waals surface area contributed by atoms with Crippen LogP contribution in [0, 0.1) is 0 Å². The molecule has 0 saturated carbocycles. The summed E-state index contributed by atoms with van der Waals surface area (Å²) in [5.41, 5.74) is 3.94. The van der Waals surface area contributed by atoms with Crippen molar-refractivity contribution in [2.24, 2.45) is 5.84 Å². The second kappa shape index (κ2) is 4.55. The molecule has 0 radical (unpaired) electrons. The summed E-state index contributed by atoms with van der Waals surface area (Å²) in [5, 5.41) is 2.16. The van der Waals surface area contributed by atoms with Crippen LogP contribution in [0.1, 0.15) is 23.4 Å². The maximum absolute atomic E-state index is 5.37. The molecule has 18 heavy (non-hydrogen) atoms. The van der Waals surface area contributed by atoms with E-state index >= 15 is 0 Å². The van der Waals surface area contributed by atoms with Gasteiger partial charge in [-0.15, -0.1) is 11.3 Å². The van der Waals surface area contributed by atoms with Crippen molar-refractivity contribution in [2.75, 3.05) is 16.9 Å². The lowest BCUT2D eigenvalue weighted by atomic mass is 10.0. The number of aromatic nitrogens is 2. The number of nitrogens with two attached hydrogens (primary N) is 1. The van der Waals surface area contributed by atoms with Gasteiger partial charge < -0.3 is 10.3 Å². The van der Waals surface area contributed by atoms with E-state index in [0.29, 0.717) is 11.9 Å². The van der Waals surface area contributed by atoms with E-state index in [1.54, 1.807) is 12.4 Å². The van der Waals surface area contributed by atoms with Crippen LogP contribution in [0.5, 0.6) is 0 Å². The van der Waals surface area contributed by atoms with Gasteiger partial charge >= 0.3 is 0 Å². The fourth-order valence-corrected chi connectivity index (χ4v) is 3.35. The Morgan fingerprint density at radius 1 is 1.50 bits per heavy atom. The molecule has 3 heterocycles. The number of rotatable bonds is 2. The highest BCUT2D eigenvalue weighted by Crippen LogP contribution is 2.35. The predicted octanol–water partition coefficient (Wildman–Crippen LogP) is 1.95. The van der Waals surface area contributed by atoms with E-state index in [9.17, 15) is 0 Å². The Bertz CT molecular complexity index is 553. The molecule has 1 aliphatic rings. The van der Waals surface area contributed by atoms with Crippen molar-refractivity contribution >= 4 is 23.0 Å². The van der Waals surface area contributed by atoms with E-state index < -0.39 is 0 Å². The van der Waals surface area contributed by atoms with Crippen molar-refractivity contribution < 1.29 is 0 Å². The minimum atomic E-state index is 0.335. The number of nitrogens with one attached hydrogen (secondary N) is 1. The number of hydrogen-bond acceptors (Lipinski definition) is 6. The monoisotopic (exact) mass is 261 g/mol. The molecule has 1 atom stereocenters. The molecule has 0 amide bonds. The SMILES string of the molecule is CC1c2ccsc2CCN1c1cncc(NN)n1. The van der Waals surface area contributed by atoms with Crippen molar-refractivity contribution in [3.8, 4) is 0 Å². The van der Waals surface area contributed by atoms with Crippen LogP contribution in [0.25, 0.3) is 0 Å². The lowest BCUT2D eigenvalue weighted by molar-refractivity contribution is 0.624. The van der Waals surface area contributed by atoms with Crippen molar-refractivity contribution in [3.05, 3.63) is 34.3 Å². The first-order valence-electron chi connectivity index (χ1n) is 5.91. The molecule has 6 heteroatoms. The van der Waals surface area contributed by atoms with Crippen molar-refractivity contribution in [1.29, 1.82) is 0 Å². The quantitative estimate of drug-likeness (QED) is 0.639. The fourth-order valence-electron chi connectivity index (χ4n) is 2.39. The smallest absolute Gasteiger partial charge is 0.160 e. The Hall–Kier alpha value is -1.66. The van der Waals surface area contributed by atoms with Crippen LogP contribution in [-0.2, 0) is 6.42 Å². The van der Waals surface area contributed by atoms with Crippen LogP contribution >= 0.6 is 11.3 Å². The maximum Gasteiger partial charge on any atom is 0.160 e. The highest BCUT2D eigenvalue weighted by molar-refractivity contribution is 7.10. The third-order valence-electron chi connectivity index (χ3n) is 3.34. The van der Waals surface area contributed by atoms with E-state index in [1.807, 2.05) is 11.3 Å². The van der Waals surface area contributed by atoms with Crippen molar-refractivity contribution in [2.45, 2.75) is 19.4 Å². The van der Waals surface area contributed by atoms with Gasteiger partial charge in [0.15, 0.2) is 5.82 Å². The number of hydrazine groups is 1. The average molecular weight is 261 g/mol. The Kier molecular flexibility index (Phi) is 2.89. The maximum atomic E-state index is 5.37. The molecule has 0 aliphatic carbocycles. The van der Waals surface area contributed by atoms with Crippen LogP contribution in [0.15, 0.2) is 23.8 Å². The van der Waals surface area contributed by atoms with Gasteiger partial charge in [-0.3, -0.25) is 4.98 Å². The van der Waals surface area contributed by atoms with Crippen LogP contribution < -0.4 is 16.2 Å². The van der Waals surface area contributed by atoms with Gasteiger partial charge in [-0.25, -0.2) is 10.8 Å². The van der Waals surface area contributed by atoms with E-state index in [0.717, 1.165) is 18.8 Å². The van der Waals surface area contributed by atoms with Gasteiger partial charge in [0, 0.05) is 11.4 Å². The molecular weight excluding hydrogens is 246 g/mol. The van der Waals surface area contributed by atoms with Gasteiger partial charge in [-0.2, -0.15) is 0 Å². The van der Waals surface area contributed by atoms with Gasteiger partial charge in [0.25, 0.3) is 0 Å². The van der Waals surface area contributed by atoms with Crippen LogP contribution in [0.3, 0.4) is 0 Å². The average Bonchev–Trinajstić information content (AvgIpc) is 2.88. The van der Waals surface area contributed by atoms with Gasteiger partial charge in [0.1, 0.15) is 5.82 Å². The molecule has 0 fully saturated rings. The summed E-state index contributed by atoms with van der Waals surface area (Å²) in [5.74, 6) is 6.84. The van der Waals surface area contributed by atoms with Crippen LogP contribution in [-0.4, -0.2) is 16.5 Å². The van der Waals surface area contributed by atoms with Crippen LogP contribution in [0.4, 0.5) is 11.6 Å². The summed E-state index contributed by atoms with van der Waals surface area (Å²) in [4.78, 5) is 12.4. The number of hydrogen-bond donors (Lipinski definition) is 2. The molecule has 3 N–H and O–H groups in total. The Morgan fingerprint density at radius 3 is 3.22 bits per heavy atom. The molecule has 2 aromatic rings. The molecule has 2 aromatic heterocycles. The molecular formula is C12H15N5S. The lowest BCUT2D eigenvalue weighted by Gasteiger charge is -2.34. The topological polar surface area (TPSA) is 67.1 Å². The second-order valence-corrected chi connectivity index (χ2v) is 5.33. The van der Waals surface area contributed by atoms with E-state index in [-0.39, 0.29) is 0 Å².